The zero-order chi connectivity index (χ0) is 22.5. The number of aliphatic imine (C=N–C) groups is 1. The summed E-state index contributed by atoms with van der Waals surface area (Å²) in [5, 5.41) is 0. The number of nitrogens with zero attached hydrogens (tertiary/aromatic N) is 1. The number of esters is 1. The molecule has 0 aliphatic carbocycles. The number of benzene rings is 3. The Morgan fingerprint density at radius 2 is 1.72 bits per heavy atom. The second kappa shape index (κ2) is 9.52. The average Bonchev–Trinajstić information content (AvgIpc) is 3.15. The number of cyclic esters (lactones) is 1. The van der Waals surface area contributed by atoms with Gasteiger partial charge < -0.3 is 14.2 Å². The van der Waals surface area contributed by atoms with Crippen molar-refractivity contribution in [2.45, 2.75) is 27.4 Å². The summed E-state index contributed by atoms with van der Waals surface area (Å²) in [4.78, 5) is 16.7. The van der Waals surface area contributed by atoms with Gasteiger partial charge in [-0.05, 0) is 67.8 Å². The molecule has 0 spiro atoms. The summed E-state index contributed by atoms with van der Waals surface area (Å²) in [6, 6.07) is 21.4. The molecule has 3 aromatic carbocycles. The lowest BCUT2D eigenvalue weighted by molar-refractivity contribution is -0.129. The second-order valence-corrected chi connectivity index (χ2v) is 7.56. The van der Waals surface area contributed by atoms with Crippen LogP contribution in [0.25, 0.3) is 6.08 Å². The number of rotatable bonds is 7. The van der Waals surface area contributed by atoms with Crippen LogP contribution in [0.3, 0.4) is 0 Å². The molecular weight excluding hydrogens is 402 g/mol. The van der Waals surface area contributed by atoms with Crippen LogP contribution in [0.4, 0.5) is 0 Å². The fourth-order valence-electron chi connectivity index (χ4n) is 3.32. The minimum Gasteiger partial charge on any atom is -0.490 e. The maximum absolute atomic E-state index is 12.3. The van der Waals surface area contributed by atoms with Crippen molar-refractivity contribution in [2.24, 2.45) is 4.99 Å². The topological polar surface area (TPSA) is 57.1 Å². The molecule has 0 saturated heterocycles. The van der Waals surface area contributed by atoms with E-state index < -0.39 is 5.97 Å². The fraction of sp³-hybridized carbons (Fsp3) is 0.185. The Balaban J connectivity index is 1.56. The first kappa shape index (κ1) is 21.4. The van der Waals surface area contributed by atoms with E-state index in [1.165, 1.54) is 5.56 Å². The molecule has 0 aromatic heterocycles. The van der Waals surface area contributed by atoms with Crippen LogP contribution >= 0.6 is 0 Å². The molecule has 0 amide bonds. The maximum Gasteiger partial charge on any atom is 0.363 e. The van der Waals surface area contributed by atoms with E-state index in [9.17, 15) is 4.79 Å². The van der Waals surface area contributed by atoms with E-state index in [2.05, 4.69) is 18.0 Å². The molecule has 0 saturated carbocycles. The molecule has 0 bridgehead atoms. The van der Waals surface area contributed by atoms with Crippen LogP contribution in [0, 0.1) is 13.8 Å². The molecule has 1 aliphatic rings. The highest BCUT2D eigenvalue weighted by molar-refractivity contribution is 6.12. The Morgan fingerprint density at radius 3 is 2.47 bits per heavy atom. The fourth-order valence-corrected chi connectivity index (χ4v) is 3.32. The first-order chi connectivity index (χ1) is 15.5. The van der Waals surface area contributed by atoms with Crippen molar-refractivity contribution < 1.29 is 19.0 Å². The van der Waals surface area contributed by atoms with E-state index in [4.69, 9.17) is 14.2 Å². The van der Waals surface area contributed by atoms with Gasteiger partial charge in [-0.25, -0.2) is 9.79 Å². The molecule has 0 N–H and O–H groups in total. The molecule has 0 radical (unpaired) electrons. The molecule has 4 rings (SSSR count). The SMILES string of the molecule is CCOc1cc(/C=C2\N=C(c3ccc(C)cc3)OC2=O)ccc1OCc1ccccc1C. The normalized spacial score (nSPS) is 14.3. The third-order valence-corrected chi connectivity index (χ3v) is 5.13. The van der Waals surface area contributed by atoms with E-state index >= 15 is 0 Å². The molecule has 0 atom stereocenters. The third kappa shape index (κ3) is 4.89. The minimum absolute atomic E-state index is 0.247. The highest BCUT2D eigenvalue weighted by atomic mass is 16.6. The Kier molecular flexibility index (Phi) is 6.36. The maximum atomic E-state index is 12.3. The lowest BCUT2D eigenvalue weighted by Gasteiger charge is -2.13. The van der Waals surface area contributed by atoms with Gasteiger partial charge in [-0.15, -0.1) is 0 Å². The number of ether oxygens (including phenoxy) is 3. The van der Waals surface area contributed by atoms with E-state index in [1.807, 2.05) is 74.5 Å². The van der Waals surface area contributed by atoms with E-state index in [-0.39, 0.29) is 5.70 Å². The Morgan fingerprint density at radius 1 is 0.938 bits per heavy atom. The van der Waals surface area contributed by atoms with Gasteiger partial charge in [-0.1, -0.05) is 48.0 Å². The zero-order valence-electron chi connectivity index (χ0n) is 18.4. The first-order valence-electron chi connectivity index (χ1n) is 10.6. The van der Waals surface area contributed by atoms with Gasteiger partial charge in [0, 0.05) is 5.56 Å². The van der Waals surface area contributed by atoms with Gasteiger partial charge >= 0.3 is 5.97 Å². The smallest absolute Gasteiger partial charge is 0.363 e. The van der Waals surface area contributed by atoms with Crippen molar-refractivity contribution in [3.63, 3.8) is 0 Å². The molecule has 3 aromatic rings. The minimum atomic E-state index is -0.474. The molecule has 32 heavy (non-hydrogen) atoms. The standard InChI is InChI=1S/C27H25NO4/c1-4-30-25-16-20(11-14-24(25)31-17-22-8-6-5-7-19(22)3)15-23-27(29)32-26(28-23)21-12-9-18(2)10-13-21/h5-16H,4,17H2,1-3H3/b23-15-. The summed E-state index contributed by atoms with van der Waals surface area (Å²) in [5.41, 5.74) is 5.21. The predicted molar refractivity (Wildman–Crippen MR) is 125 cm³/mol. The summed E-state index contributed by atoms with van der Waals surface area (Å²) in [5.74, 6) is 1.10. The Labute approximate surface area is 188 Å². The zero-order valence-corrected chi connectivity index (χ0v) is 18.4. The van der Waals surface area contributed by atoms with Gasteiger partial charge in [-0.2, -0.15) is 0 Å². The van der Waals surface area contributed by atoms with Gasteiger partial charge in [-0.3, -0.25) is 0 Å². The summed E-state index contributed by atoms with van der Waals surface area (Å²) >= 11 is 0. The van der Waals surface area contributed by atoms with Crippen LogP contribution in [0.1, 0.15) is 34.7 Å². The second-order valence-electron chi connectivity index (χ2n) is 7.56. The summed E-state index contributed by atoms with van der Waals surface area (Å²) < 4.78 is 17.2. The van der Waals surface area contributed by atoms with Crippen LogP contribution in [-0.2, 0) is 16.1 Å². The number of aryl methyl sites for hydroxylation is 2. The molecule has 0 unspecified atom stereocenters. The Bertz CT molecular complexity index is 1190. The van der Waals surface area contributed by atoms with Crippen LogP contribution in [0.2, 0.25) is 0 Å². The predicted octanol–water partition coefficient (Wildman–Crippen LogP) is 5.63. The summed E-state index contributed by atoms with van der Waals surface area (Å²) in [7, 11) is 0. The van der Waals surface area contributed by atoms with E-state index in [0.29, 0.717) is 30.6 Å². The largest absolute Gasteiger partial charge is 0.490 e. The van der Waals surface area contributed by atoms with Crippen molar-refractivity contribution in [3.05, 3.63) is 100 Å². The van der Waals surface area contributed by atoms with Crippen LogP contribution in [0.15, 0.2) is 77.4 Å². The third-order valence-electron chi connectivity index (χ3n) is 5.13. The van der Waals surface area contributed by atoms with Crippen molar-refractivity contribution >= 4 is 17.9 Å². The molecule has 1 heterocycles. The number of carbonyl (C=O) groups is 1. The van der Waals surface area contributed by atoms with Crippen molar-refractivity contribution in [1.82, 2.24) is 0 Å². The molecule has 1 aliphatic heterocycles. The highest BCUT2D eigenvalue weighted by Gasteiger charge is 2.24. The quantitative estimate of drug-likeness (QED) is 0.362. The van der Waals surface area contributed by atoms with E-state index in [1.54, 1.807) is 6.08 Å². The van der Waals surface area contributed by atoms with Crippen molar-refractivity contribution in [1.29, 1.82) is 0 Å². The van der Waals surface area contributed by atoms with Gasteiger partial charge in [0.2, 0.25) is 5.90 Å². The molecular formula is C27H25NO4. The summed E-state index contributed by atoms with van der Waals surface area (Å²) in [6.45, 7) is 6.93. The number of carbonyl (C=O) groups excluding carboxylic acids is 1. The number of hydrogen-bond donors (Lipinski definition) is 0. The van der Waals surface area contributed by atoms with Crippen LogP contribution < -0.4 is 9.47 Å². The Hall–Kier alpha value is -3.86. The van der Waals surface area contributed by atoms with Crippen molar-refractivity contribution in [2.75, 3.05) is 6.61 Å². The number of hydrogen-bond acceptors (Lipinski definition) is 5. The van der Waals surface area contributed by atoms with Gasteiger partial charge in [0.25, 0.3) is 0 Å². The van der Waals surface area contributed by atoms with Gasteiger partial charge in [0.15, 0.2) is 17.2 Å². The lowest BCUT2D eigenvalue weighted by atomic mass is 10.1. The van der Waals surface area contributed by atoms with E-state index in [0.717, 1.165) is 22.3 Å². The molecule has 5 nitrogen and oxygen atoms in total. The van der Waals surface area contributed by atoms with Gasteiger partial charge in [0.1, 0.15) is 6.61 Å². The molecule has 162 valence electrons. The molecule has 5 heteroatoms. The first-order valence-corrected chi connectivity index (χ1v) is 10.6. The van der Waals surface area contributed by atoms with Gasteiger partial charge in [0.05, 0.1) is 6.61 Å². The molecule has 0 fully saturated rings. The average molecular weight is 428 g/mol. The van der Waals surface area contributed by atoms with Crippen molar-refractivity contribution in [3.8, 4) is 11.5 Å². The summed E-state index contributed by atoms with van der Waals surface area (Å²) in [6.07, 6.45) is 1.69. The van der Waals surface area contributed by atoms with Crippen LogP contribution in [-0.4, -0.2) is 18.5 Å². The lowest BCUT2D eigenvalue weighted by Crippen LogP contribution is -2.05. The van der Waals surface area contributed by atoms with Crippen LogP contribution in [0.5, 0.6) is 11.5 Å². The highest BCUT2D eigenvalue weighted by Crippen LogP contribution is 2.31. The monoisotopic (exact) mass is 427 g/mol.